The maximum Gasteiger partial charge on any atom is 0.175 e. The average molecular weight is 272 g/mol. The lowest BCUT2D eigenvalue weighted by atomic mass is 10.2. The molecule has 0 aliphatic rings. The van der Waals surface area contributed by atoms with E-state index in [-0.39, 0.29) is 16.7 Å². The standard InChI is InChI=1S/C10H8ClF2N5/c11-9-7(14)10(17-4-16-9)18(15)8-5(12)2-1-3-6(8)13/h1-4H,14-15H2. The molecule has 0 aliphatic heterocycles. The van der Waals surface area contributed by atoms with Crippen molar-refractivity contribution in [1.29, 1.82) is 0 Å². The normalized spacial score (nSPS) is 10.4. The molecule has 0 saturated heterocycles. The van der Waals surface area contributed by atoms with Crippen LogP contribution in [0, 0.1) is 11.6 Å². The van der Waals surface area contributed by atoms with Crippen molar-refractivity contribution < 1.29 is 8.78 Å². The Labute approximate surface area is 106 Å². The fourth-order valence-corrected chi connectivity index (χ4v) is 1.51. The molecular weight excluding hydrogens is 264 g/mol. The van der Waals surface area contributed by atoms with Crippen molar-refractivity contribution in [1.82, 2.24) is 9.97 Å². The van der Waals surface area contributed by atoms with Gasteiger partial charge in [-0.3, -0.25) is 5.01 Å². The summed E-state index contributed by atoms with van der Waals surface area (Å²) in [6.07, 6.45) is 1.09. The second kappa shape index (κ2) is 4.71. The summed E-state index contributed by atoms with van der Waals surface area (Å²) in [5, 5.41) is 0.639. The predicted molar refractivity (Wildman–Crippen MR) is 64.1 cm³/mol. The number of nitrogens with zero attached hydrogens (tertiary/aromatic N) is 3. The van der Waals surface area contributed by atoms with Gasteiger partial charge >= 0.3 is 0 Å². The molecule has 1 heterocycles. The number of halogens is 3. The van der Waals surface area contributed by atoms with E-state index in [9.17, 15) is 8.78 Å². The number of benzene rings is 1. The van der Waals surface area contributed by atoms with Crippen molar-refractivity contribution in [3.05, 3.63) is 41.3 Å². The fraction of sp³-hybridized carbons (Fsp3) is 0. The minimum atomic E-state index is -0.841. The molecule has 18 heavy (non-hydrogen) atoms. The molecular formula is C10H8ClF2N5. The number of hydrazine groups is 1. The molecule has 0 amide bonds. The van der Waals surface area contributed by atoms with E-state index in [4.69, 9.17) is 23.2 Å². The van der Waals surface area contributed by atoms with Gasteiger partial charge in [-0.2, -0.15) is 0 Å². The summed E-state index contributed by atoms with van der Waals surface area (Å²) in [7, 11) is 0. The van der Waals surface area contributed by atoms with Crippen molar-refractivity contribution in [3.63, 3.8) is 0 Å². The predicted octanol–water partition coefficient (Wildman–Crippen LogP) is 2.00. The molecule has 1 aromatic heterocycles. The summed E-state index contributed by atoms with van der Waals surface area (Å²) < 4.78 is 27.1. The second-order valence-corrected chi connectivity index (χ2v) is 3.70. The topological polar surface area (TPSA) is 81.1 Å². The molecule has 0 radical (unpaired) electrons. The molecule has 4 N–H and O–H groups in total. The average Bonchev–Trinajstić information content (AvgIpc) is 2.32. The zero-order valence-electron chi connectivity index (χ0n) is 8.94. The van der Waals surface area contributed by atoms with Crippen molar-refractivity contribution in [2.24, 2.45) is 5.84 Å². The number of hydrogen-bond acceptors (Lipinski definition) is 5. The van der Waals surface area contributed by atoms with Gasteiger partial charge in [0.15, 0.2) is 22.6 Å². The van der Waals surface area contributed by atoms with Gasteiger partial charge in [0.25, 0.3) is 0 Å². The van der Waals surface area contributed by atoms with Gasteiger partial charge in [0.1, 0.15) is 17.7 Å². The largest absolute Gasteiger partial charge is 0.393 e. The van der Waals surface area contributed by atoms with Crippen molar-refractivity contribution in [2.45, 2.75) is 0 Å². The van der Waals surface area contributed by atoms with Gasteiger partial charge in [-0.15, -0.1) is 0 Å². The molecule has 1 aromatic carbocycles. The van der Waals surface area contributed by atoms with Crippen LogP contribution < -0.4 is 16.6 Å². The molecule has 0 fully saturated rings. The lowest BCUT2D eigenvalue weighted by Crippen LogP contribution is -2.29. The first-order chi connectivity index (χ1) is 8.52. The van der Waals surface area contributed by atoms with Crippen LogP contribution in [0.15, 0.2) is 24.5 Å². The van der Waals surface area contributed by atoms with E-state index in [2.05, 4.69) is 9.97 Å². The van der Waals surface area contributed by atoms with Crippen LogP contribution in [0.2, 0.25) is 5.15 Å². The summed E-state index contributed by atoms with van der Waals surface area (Å²) in [5.41, 5.74) is 5.06. The van der Waals surface area contributed by atoms with Crippen LogP contribution in [0.3, 0.4) is 0 Å². The van der Waals surface area contributed by atoms with Crippen LogP contribution in [0.5, 0.6) is 0 Å². The van der Waals surface area contributed by atoms with Crippen LogP contribution in [0.25, 0.3) is 0 Å². The Bertz CT molecular complexity index is 572. The van der Waals surface area contributed by atoms with Gasteiger partial charge in [-0.1, -0.05) is 17.7 Å². The highest BCUT2D eigenvalue weighted by atomic mass is 35.5. The van der Waals surface area contributed by atoms with E-state index in [1.54, 1.807) is 0 Å². The van der Waals surface area contributed by atoms with E-state index in [0.29, 0.717) is 5.01 Å². The van der Waals surface area contributed by atoms with E-state index in [1.165, 1.54) is 6.07 Å². The first-order valence-corrected chi connectivity index (χ1v) is 5.15. The zero-order valence-corrected chi connectivity index (χ0v) is 9.70. The fourth-order valence-electron chi connectivity index (χ4n) is 1.38. The highest BCUT2D eigenvalue weighted by Gasteiger charge is 2.19. The minimum Gasteiger partial charge on any atom is -0.393 e. The highest BCUT2D eigenvalue weighted by Crippen LogP contribution is 2.31. The Morgan fingerprint density at radius 2 is 1.78 bits per heavy atom. The van der Waals surface area contributed by atoms with E-state index >= 15 is 0 Å². The van der Waals surface area contributed by atoms with E-state index in [0.717, 1.165) is 18.5 Å². The van der Waals surface area contributed by atoms with Crippen LogP contribution in [0.4, 0.5) is 26.0 Å². The van der Waals surface area contributed by atoms with E-state index in [1.807, 2.05) is 0 Å². The third-order valence-electron chi connectivity index (χ3n) is 2.22. The second-order valence-electron chi connectivity index (χ2n) is 3.34. The molecule has 94 valence electrons. The van der Waals surface area contributed by atoms with Crippen molar-refractivity contribution >= 4 is 28.8 Å². The number of anilines is 3. The first-order valence-electron chi connectivity index (χ1n) is 4.77. The Hall–Kier alpha value is -1.99. The molecule has 0 spiro atoms. The third kappa shape index (κ3) is 2.05. The summed E-state index contributed by atoms with van der Waals surface area (Å²) >= 11 is 5.68. The summed E-state index contributed by atoms with van der Waals surface area (Å²) in [6, 6.07) is 3.35. The number of nitrogens with two attached hydrogens (primary N) is 2. The Kier molecular flexibility index (Phi) is 3.26. The number of nitrogen functional groups attached to an aromatic ring is 1. The molecule has 0 bridgehead atoms. The van der Waals surface area contributed by atoms with E-state index < -0.39 is 17.3 Å². The zero-order chi connectivity index (χ0) is 13.3. The van der Waals surface area contributed by atoms with Gasteiger partial charge in [-0.25, -0.2) is 24.6 Å². The third-order valence-corrected chi connectivity index (χ3v) is 2.52. The first kappa shape index (κ1) is 12.5. The number of hydrogen-bond donors (Lipinski definition) is 2. The Morgan fingerprint density at radius 3 is 2.39 bits per heavy atom. The summed E-state index contributed by atoms with van der Waals surface area (Å²) in [6.45, 7) is 0. The maximum absolute atomic E-state index is 13.5. The number of para-hydroxylation sites is 1. The van der Waals surface area contributed by atoms with Gasteiger partial charge in [0, 0.05) is 0 Å². The molecule has 5 nitrogen and oxygen atoms in total. The Morgan fingerprint density at radius 1 is 1.17 bits per heavy atom. The summed E-state index contributed by atoms with van der Waals surface area (Å²) in [4.78, 5) is 7.36. The van der Waals surface area contributed by atoms with Gasteiger partial charge < -0.3 is 5.73 Å². The maximum atomic E-state index is 13.5. The minimum absolute atomic E-state index is 0.0489. The smallest absolute Gasteiger partial charge is 0.175 e. The van der Waals surface area contributed by atoms with Crippen LogP contribution in [-0.2, 0) is 0 Å². The molecule has 2 rings (SSSR count). The van der Waals surface area contributed by atoms with Crippen LogP contribution >= 0.6 is 11.6 Å². The highest BCUT2D eigenvalue weighted by molar-refractivity contribution is 6.32. The quantitative estimate of drug-likeness (QED) is 0.496. The van der Waals surface area contributed by atoms with Crippen molar-refractivity contribution in [3.8, 4) is 0 Å². The monoisotopic (exact) mass is 271 g/mol. The SMILES string of the molecule is Nc1c(Cl)ncnc1N(N)c1c(F)cccc1F. The van der Waals surface area contributed by atoms with Crippen LogP contribution in [0.1, 0.15) is 0 Å². The van der Waals surface area contributed by atoms with Crippen LogP contribution in [-0.4, -0.2) is 9.97 Å². The van der Waals surface area contributed by atoms with Gasteiger partial charge in [-0.05, 0) is 12.1 Å². The van der Waals surface area contributed by atoms with Crippen molar-refractivity contribution in [2.75, 3.05) is 10.7 Å². The van der Waals surface area contributed by atoms with Gasteiger partial charge in [0.2, 0.25) is 0 Å². The molecule has 2 aromatic rings. The molecule has 8 heteroatoms. The molecule has 0 unspecified atom stereocenters. The number of aromatic nitrogens is 2. The Balaban J connectivity index is 2.55. The van der Waals surface area contributed by atoms with Gasteiger partial charge in [0.05, 0.1) is 0 Å². The lowest BCUT2D eigenvalue weighted by molar-refractivity contribution is 0.581. The molecule has 0 atom stereocenters. The molecule has 0 saturated carbocycles. The molecule has 0 aliphatic carbocycles. The number of rotatable bonds is 2. The lowest BCUT2D eigenvalue weighted by Gasteiger charge is -2.20. The summed E-state index contributed by atoms with van der Waals surface area (Å²) in [5.74, 6) is 3.85.